The zero-order valence-corrected chi connectivity index (χ0v) is 7.54. The van der Waals surface area contributed by atoms with Crippen LogP contribution in [0.25, 0.3) is 0 Å². The molecule has 0 aliphatic rings. The molecule has 0 atom stereocenters. The van der Waals surface area contributed by atoms with Crippen LogP contribution in [0.4, 0.5) is 0 Å². The van der Waals surface area contributed by atoms with E-state index < -0.39 is 0 Å². The van der Waals surface area contributed by atoms with Gasteiger partial charge < -0.3 is 0 Å². The van der Waals surface area contributed by atoms with Crippen LogP contribution in [-0.4, -0.2) is 5.12 Å². The molecule has 0 aliphatic heterocycles. The van der Waals surface area contributed by atoms with Crippen molar-refractivity contribution in [2.24, 2.45) is 0 Å². The normalized spacial score (nSPS) is 9.80. The lowest BCUT2D eigenvalue weighted by Crippen LogP contribution is -1.89. The molecule has 0 N–H and O–H groups in total. The maximum absolute atomic E-state index is 10.9. The highest BCUT2D eigenvalue weighted by atomic mass is 32.2. The van der Waals surface area contributed by atoms with Crippen molar-refractivity contribution in [2.75, 3.05) is 0 Å². The Morgan fingerprint density at radius 1 is 1.50 bits per heavy atom. The predicted molar refractivity (Wildman–Crippen MR) is 46.7 cm³/mol. The van der Waals surface area contributed by atoms with Gasteiger partial charge in [0.1, 0.15) is 0 Å². The average Bonchev–Trinajstić information content (AvgIpc) is 1.97. The summed E-state index contributed by atoms with van der Waals surface area (Å²) in [5.41, 5.74) is 0. The average molecular weight is 159 g/mol. The first kappa shape index (κ1) is 10.0. The molecule has 0 aromatic carbocycles. The second-order valence-corrected chi connectivity index (χ2v) is 3.19. The van der Waals surface area contributed by atoms with Crippen LogP contribution in [0.1, 0.15) is 39.5 Å². The molecule has 1 radical (unpaired) electrons. The van der Waals surface area contributed by atoms with Gasteiger partial charge in [-0.2, -0.15) is 0 Å². The maximum atomic E-state index is 10.9. The van der Waals surface area contributed by atoms with Crippen molar-refractivity contribution in [2.45, 2.75) is 39.5 Å². The Labute approximate surface area is 67.6 Å². The first-order valence-electron chi connectivity index (χ1n) is 3.82. The number of rotatable bonds is 5. The smallest absolute Gasteiger partial charge is 0.189 e. The molecule has 2 heteroatoms. The summed E-state index contributed by atoms with van der Waals surface area (Å²) in [6.07, 6.45) is 3.85. The maximum Gasteiger partial charge on any atom is 0.189 e. The molecule has 59 valence electrons. The Kier molecular flexibility index (Phi) is 7.15. The van der Waals surface area contributed by atoms with Crippen molar-refractivity contribution in [3.05, 3.63) is 5.75 Å². The zero-order valence-electron chi connectivity index (χ0n) is 6.72. The molecule has 0 aliphatic carbocycles. The molecule has 0 spiro atoms. The van der Waals surface area contributed by atoms with Gasteiger partial charge in [-0.25, -0.2) is 0 Å². The Morgan fingerprint density at radius 2 is 2.20 bits per heavy atom. The van der Waals surface area contributed by atoms with Crippen LogP contribution in [0, 0.1) is 5.75 Å². The number of unbranched alkanes of at least 4 members (excludes halogenated alkanes) is 1. The minimum absolute atomic E-state index is 0.309. The van der Waals surface area contributed by atoms with Crippen LogP contribution in [-0.2, 0) is 4.79 Å². The van der Waals surface area contributed by atoms with E-state index >= 15 is 0 Å². The summed E-state index contributed by atoms with van der Waals surface area (Å²) >= 11 is 1.35. The lowest BCUT2D eigenvalue weighted by Gasteiger charge is -1.95. The van der Waals surface area contributed by atoms with Crippen LogP contribution >= 0.6 is 11.8 Å². The van der Waals surface area contributed by atoms with E-state index in [4.69, 9.17) is 0 Å². The van der Waals surface area contributed by atoms with E-state index in [1.54, 1.807) is 0 Å². The van der Waals surface area contributed by atoms with Gasteiger partial charge in [-0.3, -0.25) is 4.79 Å². The molecule has 0 aromatic rings. The first-order valence-corrected chi connectivity index (χ1v) is 4.70. The van der Waals surface area contributed by atoms with Crippen LogP contribution in [0.15, 0.2) is 0 Å². The molecule has 0 heterocycles. The fourth-order valence-corrected chi connectivity index (χ4v) is 1.17. The van der Waals surface area contributed by atoms with Crippen LogP contribution in [0.2, 0.25) is 0 Å². The second-order valence-electron chi connectivity index (χ2n) is 2.17. The van der Waals surface area contributed by atoms with E-state index in [1.807, 2.05) is 12.7 Å². The topological polar surface area (TPSA) is 17.1 Å². The SMILES string of the molecule is CC[CH]SC(=O)CCCC. The summed E-state index contributed by atoms with van der Waals surface area (Å²) in [6, 6.07) is 0. The highest BCUT2D eigenvalue weighted by Crippen LogP contribution is 2.13. The van der Waals surface area contributed by atoms with Crippen molar-refractivity contribution in [1.82, 2.24) is 0 Å². The highest BCUT2D eigenvalue weighted by molar-refractivity contribution is 8.15. The van der Waals surface area contributed by atoms with Crippen molar-refractivity contribution >= 4 is 16.9 Å². The quantitative estimate of drug-likeness (QED) is 0.613. The summed E-state index contributed by atoms with van der Waals surface area (Å²) in [7, 11) is 0. The Bertz CT molecular complexity index is 81.3. The molecule has 0 unspecified atom stereocenters. The third-order valence-electron chi connectivity index (χ3n) is 1.12. The van der Waals surface area contributed by atoms with Gasteiger partial charge in [0.2, 0.25) is 0 Å². The van der Waals surface area contributed by atoms with Crippen LogP contribution < -0.4 is 0 Å². The molecular weight excluding hydrogens is 144 g/mol. The van der Waals surface area contributed by atoms with Crippen LogP contribution in [0.3, 0.4) is 0 Å². The van der Waals surface area contributed by atoms with E-state index in [2.05, 4.69) is 6.92 Å². The van der Waals surface area contributed by atoms with Crippen LogP contribution in [0.5, 0.6) is 0 Å². The molecule has 0 saturated heterocycles. The van der Waals surface area contributed by atoms with Gasteiger partial charge >= 0.3 is 0 Å². The number of carbonyl (C=O) groups is 1. The van der Waals surface area contributed by atoms with Crippen molar-refractivity contribution < 1.29 is 4.79 Å². The summed E-state index contributed by atoms with van der Waals surface area (Å²) < 4.78 is 0. The fourth-order valence-electron chi connectivity index (χ4n) is 0.556. The van der Waals surface area contributed by atoms with E-state index in [-0.39, 0.29) is 0 Å². The third kappa shape index (κ3) is 6.14. The summed E-state index contributed by atoms with van der Waals surface area (Å²) in [6.45, 7) is 4.14. The van der Waals surface area contributed by atoms with E-state index in [0.717, 1.165) is 25.7 Å². The Hall–Kier alpha value is 0.0200. The van der Waals surface area contributed by atoms with Gasteiger partial charge in [0.15, 0.2) is 5.12 Å². The Morgan fingerprint density at radius 3 is 2.70 bits per heavy atom. The van der Waals surface area contributed by atoms with Crippen molar-refractivity contribution in [3.8, 4) is 0 Å². The minimum Gasteiger partial charge on any atom is -0.287 e. The van der Waals surface area contributed by atoms with Gasteiger partial charge in [0.25, 0.3) is 0 Å². The summed E-state index contributed by atoms with van der Waals surface area (Å²) in [4.78, 5) is 10.9. The molecule has 10 heavy (non-hydrogen) atoms. The largest absolute Gasteiger partial charge is 0.287 e. The number of hydrogen-bond donors (Lipinski definition) is 0. The predicted octanol–water partition coefficient (Wildman–Crippen LogP) is 3.01. The number of carbonyl (C=O) groups excluding carboxylic acids is 1. The summed E-state index contributed by atoms with van der Waals surface area (Å²) in [5, 5.41) is 0.309. The van der Waals surface area contributed by atoms with E-state index in [9.17, 15) is 4.79 Å². The molecule has 0 bridgehead atoms. The monoisotopic (exact) mass is 159 g/mol. The number of thioether (sulfide) groups is 1. The lowest BCUT2D eigenvalue weighted by atomic mass is 10.3. The van der Waals surface area contributed by atoms with E-state index in [1.165, 1.54) is 11.8 Å². The molecule has 1 nitrogen and oxygen atoms in total. The lowest BCUT2D eigenvalue weighted by molar-refractivity contribution is -0.111. The van der Waals surface area contributed by atoms with Gasteiger partial charge in [-0.05, 0) is 12.8 Å². The van der Waals surface area contributed by atoms with Gasteiger partial charge in [-0.15, -0.1) is 0 Å². The zero-order chi connectivity index (χ0) is 7.82. The first-order chi connectivity index (χ1) is 4.81. The summed E-state index contributed by atoms with van der Waals surface area (Å²) in [5.74, 6) is 1.96. The third-order valence-corrected chi connectivity index (χ3v) is 2.08. The molecule has 0 saturated carbocycles. The van der Waals surface area contributed by atoms with Gasteiger partial charge in [0, 0.05) is 12.2 Å². The molecule has 0 fully saturated rings. The molecule has 0 aromatic heterocycles. The highest BCUT2D eigenvalue weighted by Gasteiger charge is 1.99. The molecular formula is C8H15OS. The molecule has 0 amide bonds. The number of hydrogen-bond acceptors (Lipinski definition) is 2. The van der Waals surface area contributed by atoms with Gasteiger partial charge in [-0.1, -0.05) is 32.0 Å². The standard InChI is InChI=1S/C8H15OS/c1-3-5-6-8(9)10-7-4-2/h7H,3-6H2,1-2H3. The Balaban J connectivity index is 3.09. The van der Waals surface area contributed by atoms with Crippen molar-refractivity contribution in [3.63, 3.8) is 0 Å². The minimum atomic E-state index is 0.309. The van der Waals surface area contributed by atoms with Gasteiger partial charge in [0.05, 0.1) is 0 Å². The van der Waals surface area contributed by atoms with Crippen molar-refractivity contribution in [1.29, 1.82) is 0 Å². The molecule has 0 rings (SSSR count). The fraction of sp³-hybridized carbons (Fsp3) is 0.750. The second kappa shape index (κ2) is 7.13. The van der Waals surface area contributed by atoms with E-state index in [0.29, 0.717) is 5.12 Å².